The first-order valence-electron chi connectivity index (χ1n) is 4.65. The summed E-state index contributed by atoms with van der Waals surface area (Å²) in [6, 6.07) is 7.44. The van der Waals surface area contributed by atoms with Crippen LogP contribution in [0.4, 0.5) is 0 Å². The van der Waals surface area contributed by atoms with Crippen LogP contribution >= 0.6 is 11.6 Å². The van der Waals surface area contributed by atoms with Crippen molar-refractivity contribution in [3.8, 4) is 11.5 Å². The normalized spacial score (nSPS) is 10.5. The van der Waals surface area contributed by atoms with Crippen molar-refractivity contribution >= 4 is 11.6 Å². The maximum atomic E-state index is 5.88. The van der Waals surface area contributed by atoms with Crippen LogP contribution in [-0.4, -0.2) is 12.0 Å². The molecule has 0 bridgehead atoms. The fourth-order valence-electron chi connectivity index (χ4n) is 1.32. The fourth-order valence-corrected chi connectivity index (χ4v) is 1.51. The molecule has 0 atom stereocenters. The van der Waals surface area contributed by atoms with Crippen LogP contribution in [0.1, 0.15) is 5.76 Å². The largest absolute Gasteiger partial charge is 0.440 e. The number of aromatic nitrogens is 1. The molecule has 15 heavy (non-hydrogen) atoms. The molecule has 0 radical (unpaired) electrons. The van der Waals surface area contributed by atoms with E-state index in [2.05, 4.69) is 10.3 Å². The van der Waals surface area contributed by atoms with E-state index in [4.69, 9.17) is 16.0 Å². The Labute approximate surface area is 93.1 Å². The first-order valence-corrected chi connectivity index (χ1v) is 5.02. The maximum absolute atomic E-state index is 5.88. The standard InChI is InChI=1S/C11H11ClN2O/c1-13-6-10-7-14-11(15-10)8-3-2-4-9(12)5-8/h2-5,7,13H,6H2,1H3. The molecule has 0 aliphatic heterocycles. The third-order valence-electron chi connectivity index (χ3n) is 1.98. The third kappa shape index (κ3) is 2.37. The molecule has 1 N–H and O–H groups in total. The molecule has 0 amide bonds. The minimum absolute atomic E-state index is 0.600. The van der Waals surface area contributed by atoms with Crippen molar-refractivity contribution in [2.24, 2.45) is 0 Å². The summed E-state index contributed by atoms with van der Waals surface area (Å²) in [5.41, 5.74) is 0.893. The van der Waals surface area contributed by atoms with Gasteiger partial charge in [-0.2, -0.15) is 0 Å². The molecule has 1 aromatic heterocycles. The van der Waals surface area contributed by atoms with E-state index in [0.717, 1.165) is 11.3 Å². The molecule has 0 saturated heterocycles. The summed E-state index contributed by atoms with van der Waals surface area (Å²) in [5, 5.41) is 3.68. The molecule has 0 saturated carbocycles. The van der Waals surface area contributed by atoms with Gasteiger partial charge < -0.3 is 9.73 Å². The number of oxazole rings is 1. The Morgan fingerprint density at radius 1 is 1.47 bits per heavy atom. The van der Waals surface area contributed by atoms with Crippen molar-refractivity contribution in [1.29, 1.82) is 0 Å². The molecule has 1 heterocycles. The molecule has 2 aromatic rings. The van der Waals surface area contributed by atoms with Gasteiger partial charge in [0.15, 0.2) is 0 Å². The molecule has 1 aromatic carbocycles. The number of halogens is 1. The van der Waals surface area contributed by atoms with Crippen LogP contribution in [-0.2, 0) is 6.54 Å². The van der Waals surface area contributed by atoms with Gasteiger partial charge in [0, 0.05) is 10.6 Å². The van der Waals surface area contributed by atoms with Gasteiger partial charge in [0.1, 0.15) is 5.76 Å². The lowest BCUT2D eigenvalue weighted by Gasteiger charge is -1.96. The second-order valence-electron chi connectivity index (χ2n) is 3.17. The first-order chi connectivity index (χ1) is 7.29. The summed E-state index contributed by atoms with van der Waals surface area (Å²) in [7, 11) is 1.86. The van der Waals surface area contributed by atoms with Crippen molar-refractivity contribution in [3.05, 3.63) is 41.2 Å². The molecular weight excluding hydrogens is 212 g/mol. The van der Waals surface area contributed by atoms with Gasteiger partial charge in [-0.3, -0.25) is 0 Å². The second kappa shape index (κ2) is 4.47. The van der Waals surface area contributed by atoms with E-state index in [1.807, 2.05) is 31.3 Å². The third-order valence-corrected chi connectivity index (χ3v) is 2.21. The number of hydrogen-bond acceptors (Lipinski definition) is 3. The van der Waals surface area contributed by atoms with Crippen LogP contribution in [0.5, 0.6) is 0 Å². The molecule has 0 aliphatic rings. The predicted octanol–water partition coefficient (Wildman–Crippen LogP) is 2.71. The van der Waals surface area contributed by atoms with Gasteiger partial charge in [-0.25, -0.2) is 4.98 Å². The van der Waals surface area contributed by atoms with E-state index < -0.39 is 0 Å². The lowest BCUT2D eigenvalue weighted by atomic mass is 10.2. The van der Waals surface area contributed by atoms with E-state index >= 15 is 0 Å². The molecule has 0 aliphatic carbocycles. The zero-order chi connectivity index (χ0) is 10.7. The molecule has 0 fully saturated rings. The van der Waals surface area contributed by atoms with Crippen LogP contribution < -0.4 is 5.32 Å². The van der Waals surface area contributed by atoms with Gasteiger partial charge in [-0.1, -0.05) is 17.7 Å². The van der Waals surface area contributed by atoms with Crippen molar-refractivity contribution in [2.45, 2.75) is 6.54 Å². The Morgan fingerprint density at radius 3 is 3.07 bits per heavy atom. The van der Waals surface area contributed by atoms with Crippen LogP contribution in [0.15, 0.2) is 34.9 Å². The van der Waals surface area contributed by atoms with Gasteiger partial charge in [-0.15, -0.1) is 0 Å². The van der Waals surface area contributed by atoms with E-state index in [0.29, 0.717) is 17.5 Å². The van der Waals surface area contributed by atoms with Gasteiger partial charge in [0.05, 0.1) is 12.7 Å². The minimum atomic E-state index is 0.600. The maximum Gasteiger partial charge on any atom is 0.226 e. The van der Waals surface area contributed by atoms with Gasteiger partial charge in [-0.05, 0) is 25.2 Å². The summed E-state index contributed by atoms with van der Waals surface area (Å²) in [6.07, 6.45) is 1.72. The van der Waals surface area contributed by atoms with Crippen LogP contribution in [0, 0.1) is 0 Å². The predicted molar refractivity (Wildman–Crippen MR) is 59.7 cm³/mol. The van der Waals surface area contributed by atoms with E-state index in [-0.39, 0.29) is 0 Å². The van der Waals surface area contributed by atoms with Gasteiger partial charge in [0.25, 0.3) is 0 Å². The van der Waals surface area contributed by atoms with Crippen LogP contribution in [0.3, 0.4) is 0 Å². The first kappa shape index (κ1) is 10.2. The summed E-state index contributed by atoms with van der Waals surface area (Å²) in [5.74, 6) is 1.41. The molecule has 4 heteroatoms. The smallest absolute Gasteiger partial charge is 0.226 e. The van der Waals surface area contributed by atoms with E-state index in [1.54, 1.807) is 6.20 Å². The minimum Gasteiger partial charge on any atom is -0.440 e. The lowest BCUT2D eigenvalue weighted by Crippen LogP contribution is -2.03. The SMILES string of the molecule is CNCc1cnc(-c2cccc(Cl)c2)o1. The number of nitrogens with zero attached hydrogens (tertiary/aromatic N) is 1. The fraction of sp³-hybridized carbons (Fsp3) is 0.182. The highest BCUT2D eigenvalue weighted by atomic mass is 35.5. The molecule has 0 spiro atoms. The second-order valence-corrected chi connectivity index (χ2v) is 3.61. The summed E-state index contributed by atoms with van der Waals surface area (Å²) < 4.78 is 5.53. The Kier molecular flexibility index (Phi) is 3.04. The molecular formula is C11H11ClN2O. The van der Waals surface area contributed by atoms with Gasteiger partial charge in [0.2, 0.25) is 5.89 Å². The van der Waals surface area contributed by atoms with Crippen molar-refractivity contribution < 1.29 is 4.42 Å². The monoisotopic (exact) mass is 222 g/mol. The van der Waals surface area contributed by atoms with Crippen molar-refractivity contribution in [2.75, 3.05) is 7.05 Å². The van der Waals surface area contributed by atoms with Crippen molar-refractivity contribution in [3.63, 3.8) is 0 Å². The number of benzene rings is 1. The summed E-state index contributed by atoms with van der Waals surface area (Å²) in [6.45, 7) is 0.674. The highest BCUT2D eigenvalue weighted by molar-refractivity contribution is 6.30. The Bertz CT molecular complexity index is 453. The van der Waals surface area contributed by atoms with E-state index in [9.17, 15) is 0 Å². The van der Waals surface area contributed by atoms with Crippen LogP contribution in [0.2, 0.25) is 5.02 Å². The highest BCUT2D eigenvalue weighted by Crippen LogP contribution is 2.22. The topological polar surface area (TPSA) is 38.1 Å². The zero-order valence-electron chi connectivity index (χ0n) is 8.33. The Balaban J connectivity index is 2.29. The van der Waals surface area contributed by atoms with Crippen molar-refractivity contribution in [1.82, 2.24) is 10.3 Å². The average molecular weight is 223 g/mol. The zero-order valence-corrected chi connectivity index (χ0v) is 9.08. The molecule has 78 valence electrons. The molecule has 3 nitrogen and oxygen atoms in total. The van der Waals surface area contributed by atoms with Gasteiger partial charge >= 0.3 is 0 Å². The Hall–Kier alpha value is -1.32. The highest BCUT2D eigenvalue weighted by Gasteiger charge is 2.05. The quantitative estimate of drug-likeness (QED) is 0.868. The lowest BCUT2D eigenvalue weighted by molar-refractivity contribution is 0.503. The number of hydrogen-bond donors (Lipinski definition) is 1. The average Bonchev–Trinajstić information content (AvgIpc) is 2.67. The summed E-state index contributed by atoms with van der Waals surface area (Å²) in [4.78, 5) is 4.18. The summed E-state index contributed by atoms with van der Waals surface area (Å²) >= 11 is 5.88. The Morgan fingerprint density at radius 2 is 2.33 bits per heavy atom. The van der Waals surface area contributed by atoms with Crippen LogP contribution in [0.25, 0.3) is 11.5 Å². The number of nitrogens with one attached hydrogen (secondary N) is 1. The molecule has 2 rings (SSSR count). The number of rotatable bonds is 3. The molecule has 0 unspecified atom stereocenters. The van der Waals surface area contributed by atoms with E-state index in [1.165, 1.54) is 0 Å².